The number of hydrogen-bond acceptors (Lipinski definition) is 4. The Balaban J connectivity index is 2.56. The third kappa shape index (κ3) is 4.48. The maximum atomic E-state index is 11.5. The van der Waals surface area contributed by atoms with Gasteiger partial charge in [-0.1, -0.05) is 0 Å². The fourth-order valence-corrected chi connectivity index (χ4v) is 1.37. The Kier molecular flexibility index (Phi) is 5.33. The van der Waals surface area contributed by atoms with Gasteiger partial charge in [-0.2, -0.15) is 0 Å². The van der Waals surface area contributed by atoms with Crippen molar-refractivity contribution < 1.29 is 24.6 Å². The van der Waals surface area contributed by atoms with Crippen molar-refractivity contribution in [1.82, 2.24) is 10.6 Å². The van der Waals surface area contributed by atoms with Crippen LogP contribution in [0.2, 0.25) is 0 Å². The molecule has 20 heavy (non-hydrogen) atoms. The lowest BCUT2D eigenvalue weighted by atomic mass is 10.2. The summed E-state index contributed by atoms with van der Waals surface area (Å²) in [6, 6.07) is 3.09. The monoisotopic (exact) mass is 281 g/mol. The van der Waals surface area contributed by atoms with Gasteiger partial charge in [-0.3, -0.25) is 4.79 Å². The molecule has 1 rings (SSSR count). The Morgan fingerprint density at radius 3 is 2.55 bits per heavy atom. The van der Waals surface area contributed by atoms with Crippen molar-refractivity contribution in [2.45, 2.75) is 6.42 Å². The molecule has 0 aliphatic heterocycles. The lowest BCUT2D eigenvalue weighted by Gasteiger charge is -2.08. The maximum absolute atomic E-state index is 11.5. The van der Waals surface area contributed by atoms with Crippen LogP contribution in [0, 0.1) is 0 Å². The standard InChI is InChI=1S/C12H15N3O5/c1-13-10(17)4-5-14-12(20)15-7-2-3-9(16)8(6-7)11(18)19/h2-3,6,16H,4-5H2,1H3,(H,13,17)(H,18,19)(H2,14,15,20). The summed E-state index contributed by atoms with van der Waals surface area (Å²) in [6.45, 7) is 0.148. The van der Waals surface area contributed by atoms with Crippen LogP contribution in [-0.2, 0) is 4.79 Å². The van der Waals surface area contributed by atoms with Crippen molar-refractivity contribution in [3.63, 3.8) is 0 Å². The molecule has 5 N–H and O–H groups in total. The lowest BCUT2D eigenvalue weighted by molar-refractivity contribution is -0.120. The smallest absolute Gasteiger partial charge is 0.339 e. The molecule has 8 heteroatoms. The molecule has 0 aromatic heterocycles. The third-order valence-corrected chi connectivity index (χ3v) is 2.40. The Morgan fingerprint density at radius 1 is 1.25 bits per heavy atom. The number of rotatable bonds is 5. The van der Waals surface area contributed by atoms with Gasteiger partial charge in [-0.15, -0.1) is 0 Å². The van der Waals surface area contributed by atoms with Crippen molar-refractivity contribution >= 4 is 23.6 Å². The molecule has 0 bridgehead atoms. The van der Waals surface area contributed by atoms with Gasteiger partial charge >= 0.3 is 12.0 Å². The van der Waals surface area contributed by atoms with E-state index in [1.165, 1.54) is 19.2 Å². The molecule has 0 aliphatic carbocycles. The minimum Gasteiger partial charge on any atom is -0.507 e. The topological polar surface area (TPSA) is 128 Å². The number of carboxylic acid groups (broad SMARTS) is 1. The Bertz CT molecular complexity index is 530. The van der Waals surface area contributed by atoms with Crippen LogP contribution in [0.15, 0.2) is 18.2 Å². The number of phenols is 1. The van der Waals surface area contributed by atoms with Crippen LogP contribution in [0.5, 0.6) is 5.75 Å². The largest absolute Gasteiger partial charge is 0.507 e. The highest BCUT2D eigenvalue weighted by atomic mass is 16.4. The second-order valence-electron chi connectivity index (χ2n) is 3.84. The van der Waals surface area contributed by atoms with Crippen LogP contribution in [0.1, 0.15) is 16.8 Å². The highest BCUT2D eigenvalue weighted by molar-refractivity contribution is 5.95. The molecule has 8 nitrogen and oxygen atoms in total. The van der Waals surface area contributed by atoms with E-state index >= 15 is 0 Å². The van der Waals surface area contributed by atoms with E-state index in [1.807, 2.05) is 0 Å². The molecular weight excluding hydrogens is 266 g/mol. The molecule has 1 aromatic carbocycles. The van der Waals surface area contributed by atoms with Gasteiger partial charge in [0.1, 0.15) is 11.3 Å². The molecule has 0 unspecified atom stereocenters. The SMILES string of the molecule is CNC(=O)CCNC(=O)Nc1ccc(O)c(C(=O)O)c1. The first-order valence-corrected chi connectivity index (χ1v) is 5.75. The number of anilines is 1. The van der Waals surface area contributed by atoms with E-state index in [4.69, 9.17) is 5.11 Å². The molecule has 0 aliphatic rings. The average Bonchev–Trinajstić information content (AvgIpc) is 2.40. The molecule has 0 radical (unpaired) electrons. The summed E-state index contributed by atoms with van der Waals surface area (Å²) in [4.78, 5) is 33.2. The second kappa shape index (κ2) is 6.98. The summed E-state index contributed by atoms with van der Waals surface area (Å²) in [5.41, 5.74) is -0.0918. The number of hydrogen-bond donors (Lipinski definition) is 5. The average molecular weight is 281 g/mol. The maximum Gasteiger partial charge on any atom is 0.339 e. The Labute approximate surface area is 114 Å². The summed E-state index contributed by atoms with van der Waals surface area (Å²) in [7, 11) is 1.49. The lowest BCUT2D eigenvalue weighted by Crippen LogP contribution is -2.32. The molecule has 0 spiro atoms. The van der Waals surface area contributed by atoms with Crippen LogP contribution in [0.4, 0.5) is 10.5 Å². The van der Waals surface area contributed by atoms with Gasteiger partial charge in [0, 0.05) is 25.7 Å². The van der Waals surface area contributed by atoms with E-state index < -0.39 is 12.0 Å². The van der Waals surface area contributed by atoms with E-state index in [9.17, 15) is 19.5 Å². The van der Waals surface area contributed by atoms with Gasteiger partial charge in [-0.25, -0.2) is 9.59 Å². The van der Waals surface area contributed by atoms with Crippen LogP contribution in [-0.4, -0.2) is 41.7 Å². The first-order chi connectivity index (χ1) is 9.43. The molecule has 3 amide bonds. The van der Waals surface area contributed by atoms with Gasteiger partial charge in [0.05, 0.1) is 0 Å². The zero-order valence-corrected chi connectivity index (χ0v) is 10.8. The summed E-state index contributed by atoms with van der Waals surface area (Å²) in [6.07, 6.45) is 0.139. The predicted octanol–water partition coefficient (Wildman–Crippen LogP) is 0.348. The third-order valence-electron chi connectivity index (χ3n) is 2.40. The first-order valence-electron chi connectivity index (χ1n) is 5.75. The van der Waals surface area contributed by atoms with Crippen LogP contribution in [0.25, 0.3) is 0 Å². The molecule has 1 aromatic rings. The van der Waals surface area contributed by atoms with E-state index in [-0.39, 0.29) is 35.9 Å². The normalized spacial score (nSPS) is 9.65. The van der Waals surface area contributed by atoms with Gasteiger partial charge in [0.15, 0.2) is 0 Å². The fourth-order valence-electron chi connectivity index (χ4n) is 1.37. The highest BCUT2D eigenvalue weighted by Crippen LogP contribution is 2.21. The summed E-state index contributed by atoms with van der Waals surface area (Å²) in [5, 5.41) is 25.4. The van der Waals surface area contributed by atoms with Crippen molar-refractivity contribution in [3.05, 3.63) is 23.8 Å². The zero-order chi connectivity index (χ0) is 15.1. The zero-order valence-electron chi connectivity index (χ0n) is 10.8. The van der Waals surface area contributed by atoms with Gasteiger partial charge in [0.25, 0.3) is 0 Å². The van der Waals surface area contributed by atoms with E-state index in [0.29, 0.717) is 0 Å². The molecular formula is C12H15N3O5. The number of carbonyl (C=O) groups excluding carboxylic acids is 2. The first kappa shape index (κ1) is 15.3. The molecule has 0 atom stereocenters. The number of benzene rings is 1. The van der Waals surface area contributed by atoms with Crippen molar-refractivity contribution in [2.24, 2.45) is 0 Å². The van der Waals surface area contributed by atoms with E-state index in [1.54, 1.807) is 0 Å². The van der Waals surface area contributed by atoms with Gasteiger partial charge in [-0.05, 0) is 18.2 Å². The summed E-state index contributed by atoms with van der Waals surface area (Å²) in [5.74, 6) is -1.89. The van der Waals surface area contributed by atoms with Crippen molar-refractivity contribution in [1.29, 1.82) is 0 Å². The fraction of sp³-hybridized carbons (Fsp3) is 0.250. The molecule has 0 saturated carbocycles. The van der Waals surface area contributed by atoms with E-state index in [2.05, 4.69) is 16.0 Å². The molecule has 0 saturated heterocycles. The minimum absolute atomic E-state index is 0.139. The van der Waals surface area contributed by atoms with Crippen LogP contribution in [0.3, 0.4) is 0 Å². The Morgan fingerprint density at radius 2 is 1.95 bits per heavy atom. The predicted molar refractivity (Wildman–Crippen MR) is 70.8 cm³/mol. The highest BCUT2D eigenvalue weighted by Gasteiger charge is 2.11. The van der Waals surface area contributed by atoms with Crippen LogP contribution < -0.4 is 16.0 Å². The number of aromatic hydroxyl groups is 1. The molecule has 0 heterocycles. The number of aromatic carboxylic acids is 1. The number of amides is 3. The summed E-state index contributed by atoms with van der Waals surface area (Å²) < 4.78 is 0. The number of carboxylic acids is 1. The number of nitrogens with one attached hydrogen (secondary N) is 3. The quantitative estimate of drug-likeness (QED) is 0.497. The summed E-state index contributed by atoms with van der Waals surface area (Å²) >= 11 is 0. The number of carbonyl (C=O) groups is 3. The Hall–Kier alpha value is -2.77. The minimum atomic E-state index is -1.30. The van der Waals surface area contributed by atoms with Crippen molar-refractivity contribution in [2.75, 3.05) is 18.9 Å². The van der Waals surface area contributed by atoms with Crippen LogP contribution >= 0.6 is 0 Å². The van der Waals surface area contributed by atoms with Gasteiger partial charge in [0.2, 0.25) is 5.91 Å². The van der Waals surface area contributed by atoms with E-state index in [0.717, 1.165) is 6.07 Å². The van der Waals surface area contributed by atoms with Crippen molar-refractivity contribution in [3.8, 4) is 5.75 Å². The molecule has 0 fully saturated rings. The van der Waals surface area contributed by atoms with Gasteiger partial charge < -0.3 is 26.2 Å². The second-order valence-corrected chi connectivity index (χ2v) is 3.84. The molecule has 108 valence electrons. The number of urea groups is 1.